The Hall–Kier alpha value is 1.09. The third-order valence-electron chi connectivity index (χ3n) is 3.06. The van der Waals surface area contributed by atoms with E-state index in [1.807, 2.05) is 0 Å². The number of hydrogen-bond donors (Lipinski definition) is 0. The standard InChI is InChI=1S/C13H27Cl3Si/c1-10(2)6-11(3)7-12(4)8-13(5)9-17(14,15)16/h10-13H,6-9H2,1-5H3. The van der Waals surface area contributed by atoms with E-state index >= 15 is 0 Å². The lowest BCUT2D eigenvalue weighted by Crippen LogP contribution is -2.17. The van der Waals surface area contributed by atoms with Crippen LogP contribution in [0.4, 0.5) is 0 Å². The summed E-state index contributed by atoms with van der Waals surface area (Å²) in [6, 6.07) is -1.64. The van der Waals surface area contributed by atoms with Gasteiger partial charge in [-0.25, -0.2) is 0 Å². The molecule has 0 heterocycles. The first-order valence-electron chi connectivity index (χ1n) is 6.66. The molecule has 0 aromatic heterocycles. The van der Waals surface area contributed by atoms with Crippen molar-refractivity contribution in [1.29, 1.82) is 0 Å². The van der Waals surface area contributed by atoms with Crippen molar-refractivity contribution in [2.45, 2.75) is 59.9 Å². The average Bonchev–Trinajstić information content (AvgIpc) is 1.95. The maximum Gasteiger partial charge on any atom is 0.341 e. The number of rotatable bonds is 8. The number of hydrogen-bond acceptors (Lipinski definition) is 0. The van der Waals surface area contributed by atoms with Gasteiger partial charge in [-0.15, -0.1) is 33.2 Å². The third kappa shape index (κ3) is 11.9. The van der Waals surface area contributed by atoms with Crippen molar-refractivity contribution in [2.24, 2.45) is 23.7 Å². The summed E-state index contributed by atoms with van der Waals surface area (Å²) in [6.45, 7) is 11.5. The van der Waals surface area contributed by atoms with Crippen LogP contribution in [0.25, 0.3) is 0 Å². The molecular weight excluding hydrogens is 291 g/mol. The van der Waals surface area contributed by atoms with Crippen LogP contribution in [0.3, 0.4) is 0 Å². The zero-order valence-corrected chi connectivity index (χ0v) is 15.0. The molecule has 0 aliphatic rings. The minimum absolute atomic E-state index is 0.537. The molecule has 0 aromatic rings. The van der Waals surface area contributed by atoms with Gasteiger partial charge in [0, 0.05) is 0 Å². The Kier molecular flexibility index (Phi) is 8.83. The molecule has 0 rings (SSSR count). The highest BCUT2D eigenvalue weighted by molar-refractivity contribution is 7.64. The number of halogens is 3. The van der Waals surface area contributed by atoms with E-state index in [9.17, 15) is 0 Å². The van der Waals surface area contributed by atoms with Gasteiger partial charge in [0.15, 0.2) is 0 Å². The minimum Gasteiger partial charge on any atom is -0.126 e. The molecule has 0 saturated heterocycles. The molecule has 104 valence electrons. The predicted molar refractivity (Wildman–Crippen MR) is 84.3 cm³/mol. The summed E-state index contributed by atoms with van der Waals surface area (Å²) < 4.78 is 0. The SMILES string of the molecule is CC(C)CC(C)CC(C)CC(C)C[Si](Cl)(Cl)Cl. The van der Waals surface area contributed by atoms with Gasteiger partial charge in [0.2, 0.25) is 0 Å². The Morgan fingerprint density at radius 2 is 1.12 bits per heavy atom. The van der Waals surface area contributed by atoms with Gasteiger partial charge in [-0.1, -0.05) is 34.6 Å². The Labute approximate surface area is 123 Å². The van der Waals surface area contributed by atoms with E-state index in [2.05, 4.69) is 34.6 Å². The van der Waals surface area contributed by atoms with Crippen LogP contribution in [0.5, 0.6) is 0 Å². The van der Waals surface area contributed by atoms with Crippen molar-refractivity contribution in [1.82, 2.24) is 0 Å². The fourth-order valence-corrected chi connectivity index (χ4v) is 6.18. The molecule has 0 spiro atoms. The van der Waals surface area contributed by atoms with Crippen molar-refractivity contribution in [2.75, 3.05) is 0 Å². The molecule has 0 fully saturated rings. The van der Waals surface area contributed by atoms with Crippen LogP contribution in [0.15, 0.2) is 0 Å². The quantitative estimate of drug-likeness (QED) is 0.360. The van der Waals surface area contributed by atoms with E-state index in [1.54, 1.807) is 0 Å². The summed E-state index contributed by atoms with van der Waals surface area (Å²) in [6.07, 6.45) is 3.80. The lowest BCUT2D eigenvalue weighted by atomic mass is 9.86. The van der Waals surface area contributed by atoms with Crippen LogP contribution in [-0.4, -0.2) is 6.00 Å². The molecule has 17 heavy (non-hydrogen) atoms. The Bertz CT molecular complexity index is 201. The molecule has 3 atom stereocenters. The highest BCUT2D eigenvalue weighted by Gasteiger charge is 2.28. The molecule has 0 aromatic carbocycles. The van der Waals surface area contributed by atoms with Gasteiger partial charge >= 0.3 is 6.00 Å². The second kappa shape index (κ2) is 8.30. The molecule has 3 unspecified atom stereocenters. The minimum atomic E-state index is -2.44. The summed E-state index contributed by atoms with van der Waals surface area (Å²) in [5, 5.41) is 0. The molecule has 0 nitrogen and oxygen atoms in total. The van der Waals surface area contributed by atoms with Gasteiger partial charge in [0.1, 0.15) is 0 Å². The molecule has 0 saturated carbocycles. The van der Waals surface area contributed by atoms with Gasteiger partial charge in [-0.05, 0) is 49.0 Å². The molecule has 0 aliphatic heterocycles. The molecule has 0 bridgehead atoms. The second-order valence-corrected chi connectivity index (χ2v) is 15.4. The van der Waals surface area contributed by atoms with Crippen molar-refractivity contribution < 1.29 is 0 Å². The largest absolute Gasteiger partial charge is 0.341 e. The van der Waals surface area contributed by atoms with E-state index in [4.69, 9.17) is 33.2 Å². The van der Waals surface area contributed by atoms with Crippen molar-refractivity contribution in [3.8, 4) is 0 Å². The van der Waals surface area contributed by atoms with Crippen molar-refractivity contribution >= 4 is 39.2 Å². The smallest absolute Gasteiger partial charge is 0.126 e. The molecule has 4 heteroatoms. The van der Waals surface area contributed by atoms with Gasteiger partial charge < -0.3 is 0 Å². The first-order chi connectivity index (χ1) is 7.60. The highest BCUT2D eigenvalue weighted by atomic mass is 35.8. The molecule has 0 aliphatic carbocycles. The van der Waals surface area contributed by atoms with Crippen LogP contribution < -0.4 is 0 Å². The summed E-state index contributed by atoms with van der Waals surface area (Å²) in [5.41, 5.74) is 0. The summed E-state index contributed by atoms with van der Waals surface area (Å²) >= 11 is 17.9. The fourth-order valence-electron chi connectivity index (χ4n) is 2.85. The molecular formula is C13H27Cl3Si. The zero-order valence-electron chi connectivity index (χ0n) is 11.8. The van der Waals surface area contributed by atoms with Crippen LogP contribution in [0.1, 0.15) is 53.9 Å². The first-order valence-corrected chi connectivity index (χ1v) is 11.9. The summed E-state index contributed by atoms with van der Waals surface area (Å²) in [4.78, 5) is 0. The monoisotopic (exact) mass is 316 g/mol. The van der Waals surface area contributed by atoms with Crippen LogP contribution in [0.2, 0.25) is 6.04 Å². The lowest BCUT2D eigenvalue weighted by Gasteiger charge is -2.22. The first kappa shape index (κ1) is 18.1. The predicted octanol–water partition coefficient (Wildman–Crippen LogP) is 6.38. The van der Waals surface area contributed by atoms with E-state index in [-0.39, 0.29) is 0 Å². The van der Waals surface area contributed by atoms with Crippen LogP contribution in [0, 0.1) is 23.7 Å². The zero-order chi connectivity index (χ0) is 13.6. The topological polar surface area (TPSA) is 0 Å². The Morgan fingerprint density at radius 3 is 1.53 bits per heavy atom. The Balaban J connectivity index is 3.88. The second-order valence-electron chi connectivity index (χ2n) is 6.24. The summed E-state index contributed by atoms with van der Waals surface area (Å²) in [7, 11) is 0. The molecule has 0 N–H and O–H groups in total. The van der Waals surface area contributed by atoms with Gasteiger partial charge in [0.25, 0.3) is 0 Å². The van der Waals surface area contributed by atoms with Gasteiger partial charge in [-0.2, -0.15) is 0 Å². The summed E-state index contributed by atoms with van der Waals surface area (Å²) in [5.74, 6) is 2.88. The van der Waals surface area contributed by atoms with Crippen LogP contribution >= 0.6 is 33.2 Å². The normalized spacial score (nSPS) is 18.2. The fraction of sp³-hybridized carbons (Fsp3) is 1.00. The van der Waals surface area contributed by atoms with Gasteiger partial charge in [0.05, 0.1) is 0 Å². The van der Waals surface area contributed by atoms with E-state index in [0.717, 1.165) is 23.8 Å². The average molecular weight is 318 g/mol. The lowest BCUT2D eigenvalue weighted by molar-refractivity contribution is 0.320. The molecule has 0 radical (unpaired) electrons. The van der Waals surface area contributed by atoms with Crippen molar-refractivity contribution in [3.05, 3.63) is 0 Å². The Morgan fingerprint density at radius 1 is 0.706 bits per heavy atom. The van der Waals surface area contributed by atoms with E-state index in [1.165, 1.54) is 19.3 Å². The van der Waals surface area contributed by atoms with E-state index in [0.29, 0.717) is 5.92 Å². The molecule has 0 amide bonds. The van der Waals surface area contributed by atoms with Crippen molar-refractivity contribution in [3.63, 3.8) is 0 Å². The third-order valence-corrected chi connectivity index (χ3v) is 5.61. The van der Waals surface area contributed by atoms with Gasteiger partial charge in [-0.3, -0.25) is 0 Å². The highest BCUT2D eigenvalue weighted by Crippen LogP contribution is 2.33. The maximum absolute atomic E-state index is 5.96. The van der Waals surface area contributed by atoms with E-state index < -0.39 is 6.00 Å². The van der Waals surface area contributed by atoms with Crippen LogP contribution in [-0.2, 0) is 0 Å². The maximum atomic E-state index is 5.96.